The summed E-state index contributed by atoms with van der Waals surface area (Å²) in [6, 6.07) is 25.8. The Kier molecular flexibility index (Phi) is 13.2. The second-order valence-corrected chi connectivity index (χ2v) is 15.5. The minimum absolute atomic E-state index is 0.0919. The Labute approximate surface area is 309 Å². The van der Waals surface area contributed by atoms with E-state index in [-0.39, 0.29) is 31.1 Å². The van der Waals surface area contributed by atoms with E-state index < -0.39 is 11.5 Å². The largest absolute Gasteiger partial charge is 0.461 e. The van der Waals surface area contributed by atoms with Crippen molar-refractivity contribution in [2.75, 3.05) is 13.2 Å². The average Bonchev–Trinajstić information content (AvgIpc) is 3.69. The van der Waals surface area contributed by atoms with Crippen molar-refractivity contribution in [2.24, 2.45) is 23.7 Å². The third kappa shape index (κ3) is 10.7. The molecule has 1 saturated heterocycles. The predicted octanol–water partition coefficient (Wildman–Crippen LogP) is 10.4. The van der Waals surface area contributed by atoms with Crippen LogP contribution in [0.1, 0.15) is 101 Å². The van der Waals surface area contributed by atoms with E-state index in [0.29, 0.717) is 42.1 Å². The summed E-state index contributed by atoms with van der Waals surface area (Å²) >= 11 is 0. The third-order valence-corrected chi connectivity index (χ3v) is 9.85. The second kappa shape index (κ2) is 17.8. The first-order valence-electron chi connectivity index (χ1n) is 18.7. The maximum Gasteiger partial charge on any atom is 0.334 e. The van der Waals surface area contributed by atoms with E-state index in [1.165, 1.54) is 5.56 Å². The van der Waals surface area contributed by atoms with Crippen LogP contribution in [0.5, 0.6) is 0 Å². The van der Waals surface area contributed by atoms with Gasteiger partial charge in [-0.05, 0) is 85.9 Å². The van der Waals surface area contributed by atoms with Gasteiger partial charge >= 0.3 is 11.9 Å². The van der Waals surface area contributed by atoms with Crippen LogP contribution in [0, 0.1) is 42.4 Å². The first-order chi connectivity index (χ1) is 24.9. The SMILES string of the molecule is Cc1ccc(C#Cc2ccc3oc([C@H](C)[C@H](C)C(=O)OC[C@]4(COCc5ccccc5)C/C(=C\CC(CC(C)C)CC(C)C)C(=O)O4)cc3c2)cc1. The van der Waals surface area contributed by atoms with Crippen LogP contribution in [-0.4, -0.2) is 30.8 Å². The highest BCUT2D eigenvalue weighted by molar-refractivity contribution is 5.91. The number of ether oxygens (including phenoxy) is 3. The van der Waals surface area contributed by atoms with Crippen LogP contribution in [0.2, 0.25) is 0 Å². The number of rotatable bonds is 15. The Morgan fingerprint density at radius 3 is 2.23 bits per heavy atom. The Bertz CT molecular complexity index is 1880. The molecule has 0 aliphatic carbocycles. The summed E-state index contributed by atoms with van der Waals surface area (Å²) in [5.41, 5.74) is 4.32. The van der Waals surface area contributed by atoms with E-state index >= 15 is 0 Å². The fourth-order valence-electron chi connectivity index (χ4n) is 6.87. The second-order valence-electron chi connectivity index (χ2n) is 15.5. The number of furan rings is 1. The maximum atomic E-state index is 13.6. The van der Waals surface area contributed by atoms with Gasteiger partial charge in [-0.2, -0.15) is 0 Å². The zero-order chi connectivity index (χ0) is 37.3. The van der Waals surface area contributed by atoms with Gasteiger partial charge in [0.05, 0.1) is 19.1 Å². The number of carbonyl (C=O) groups is 2. The standard InChI is InChI=1S/C46H54O6/c1-31(2)23-39(24-32(3)4)19-21-40-27-46(52-45(40)48,29-49-28-38-11-9-8-10-12-38)30-50-44(47)35(7)34(6)43-26-41-25-37(20-22-42(41)51-43)18-17-36-15-13-33(5)14-16-36/h8-16,20-22,25-26,31-32,34-35,39H,19,23-24,27-30H2,1-7H3/b40-21+/t34-,35+,46-/m1/s1. The van der Waals surface area contributed by atoms with E-state index in [9.17, 15) is 9.59 Å². The van der Waals surface area contributed by atoms with Crippen molar-refractivity contribution in [3.05, 3.63) is 119 Å². The zero-order valence-electron chi connectivity index (χ0n) is 31.9. The summed E-state index contributed by atoms with van der Waals surface area (Å²) in [6.45, 7) is 15.2. The van der Waals surface area contributed by atoms with Gasteiger partial charge in [-0.3, -0.25) is 4.79 Å². The topological polar surface area (TPSA) is 75.0 Å². The number of cyclic esters (lactones) is 1. The monoisotopic (exact) mass is 702 g/mol. The summed E-state index contributed by atoms with van der Waals surface area (Å²) < 4.78 is 24.3. The van der Waals surface area contributed by atoms with E-state index in [0.717, 1.165) is 46.9 Å². The lowest BCUT2D eigenvalue weighted by Crippen LogP contribution is -2.41. The van der Waals surface area contributed by atoms with Crippen molar-refractivity contribution in [2.45, 2.75) is 92.3 Å². The zero-order valence-corrected chi connectivity index (χ0v) is 31.9. The van der Waals surface area contributed by atoms with Crippen LogP contribution >= 0.6 is 0 Å². The molecule has 0 amide bonds. The van der Waals surface area contributed by atoms with Gasteiger partial charge < -0.3 is 18.6 Å². The smallest absolute Gasteiger partial charge is 0.334 e. The highest BCUT2D eigenvalue weighted by Gasteiger charge is 2.46. The molecule has 6 heteroatoms. The molecule has 1 fully saturated rings. The van der Waals surface area contributed by atoms with Crippen molar-refractivity contribution in [3.8, 4) is 11.8 Å². The van der Waals surface area contributed by atoms with Crippen molar-refractivity contribution < 1.29 is 28.2 Å². The summed E-state index contributed by atoms with van der Waals surface area (Å²) in [4.78, 5) is 26.8. The average molecular weight is 703 g/mol. The molecule has 0 bridgehead atoms. The summed E-state index contributed by atoms with van der Waals surface area (Å²) in [7, 11) is 0. The Morgan fingerprint density at radius 2 is 1.54 bits per heavy atom. The molecule has 0 radical (unpaired) electrons. The number of benzene rings is 3. The number of carbonyl (C=O) groups excluding carboxylic acids is 2. The van der Waals surface area contributed by atoms with Crippen molar-refractivity contribution in [3.63, 3.8) is 0 Å². The summed E-state index contributed by atoms with van der Waals surface area (Å²) in [5, 5.41) is 0.925. The van der Waals surface area contributed by atoms with E-state index in [4.69, 9.17) is 18.6 Å². The van der Waals surface area contributed by atoms with Gasteiger partial charge in [-0.25, -0.2) is 4.79 Å². The lowest BCUT2D eigenvalue weighted by Gasteiger charge is -2.28. The summed E-state index contributed by atoms with van der Waals surface area (Å²) in [5.74, 6) is 7.28. The minimum atomic E-state index is -1.10. The first-order valence-corrected chi connectivity index (χ1v) is 18.7. The van der Waals surface area contributed by atoms with Crippen molar-refractivity contribution in [1.82, 2.24) is 0 Å². The molecule has 0 N–H and O–H groups in total. The van der Waals surface area contributed by atoms with Crippen molar-refractivity contribution >= 4 is 22.9 Å². The van der Waals surface area contributed by atoms with Crippen LogP contribution in [0.15, 0.2) is 94.9 Å². The normalized spacial score (nSPS) is 17.8. The Morgan fingerprint density at radius 1 is 0.865 bits per heavy atom. The lowest BCUT2D eigenvalue weighted by molar-refractivity contribution is -0.171. The molecule has 52 heavy (non-hydrogen) atoms. The number of hydrogen-bond donors (Lipinski definition) is 0. The van der Waals surface area contributed by atoms with Gasteiger partial charge in [0, 0.05) is 34.4 Å². The molecule has 0 spiro atoms. The molecule has 0 unspecified atom stereocenters. The quantitative estimate of drug-likeness (QED) is 0.0697. The Balaban J connectivity index is 1.26. The number of allylic oxidation sites excluding steroid dienone is 1. The highest BCUT2D eigenvalue weighted by atomic mass is 16.6. The van der Waals surface area contributed by atoms with Gasteiger partial charge in [0.2, 0.25) is 0 Å². The van der Waals surface area contributed by atoms with Gasteiger partial charge in [-0.15, -0.1) is 0 Å². The van der Waals surface area contributed by atoms with Crippen molar-refractivity contribution in [1.29, 1.82) is 0 Å². The van der Waals surface area contributed by atoms with E-state index in [2.05, 4.69) is 58.6 Å². The molecule has 6 nitrogen and oxygen atoms in total. The molecule has 3 atom stereocenters. The third-order valence-electron chi connectivity index (χ3n) is 9.85. The summed E-state index contributed by atoms with van der Waals surface area (Å²) in [6.07, 6.45) is 5.39. The molecular weight excluding hydrogens is 649 g/mol. The maximum absolute atomic E-state index is 13.6. The molecule has 3 aromatic carbocycles. The molecule has 5 rings (SSSR count). The van der Waals surface area contributed by atoms with E-state index in [1.807, 2.05) is 86.7 Å². The lowest BCUT2D eigenvalue weighted by atomic mass is 9.86. The van der Waals surface area contributed by atoms with Crippen LogP contribution in [-0.2, 0) is 30.4 Å². The molecule has 1 aliphatic heterocycles. The molecule has 1 aliphatic rings. The molecule has 4 aromatic rings. The van der Waals surface area contributed by atoms with E-state index in [1.54, 1.807) is 0 Å². The number of esters is 2. The molecule has 2 heterocycles. The van der Waals surface area contributed by atoms with Crippen LogP contribution in [0.3, 0.4) is 0 Å². The molecular formula is C46H54O6. The number of hydrogen-bond acceptors (Lipinski definition) is 6. The van der Waals surface area contributed by atoms with Gasteiger partial charge in [0.1, 0.15) is 18.0 Å². The minimum Gasteiger partial charge on any atom is -0.461 e. The molecule has 1 aromatic heterocycles. The molecule has 274 valence electrons. The first kappa shape index (κ1) is 38.6. The number of fused-ring (bicyclic) bond motifs is 1. The van der Waals surface area contributed by atoms with Crippen LogP contribution in [0.25, 0.3) is 11.0 Å². The van der Waals surface area contributed by atoms with Crippen LogP contribution < -0.4 is 0 Å². The Hall–Kier alpha value is -4.60. The molecule has 0 saturated carbocycles. The van der Waals surface area contributed by atoms with Gasteiger partial charge in [0.25, 0.3) is 0 Å². The fourth-order valence-corrected chi connectivity index (χ4v) is 6.87. The van der Waals surface area contributed by atoms with Gasteiger partial charge in [0.15, 0.2) is 5.60 Å². The highest BCUT2D eigenvalue weighted by Crippen LogP contribution is 2.36. The number of aryl methyl sites for hydroxylation is 1. The van der Waals surface area contributed by atoms with Crippen LogP contribution in [0.4, 0.5) is 0 Å². The fraction of sp³-hybridized carbons (Fsp3) is 0.435. The predicted molar refractivity (Wildman–Crippen MR) is 207 cm³/mol. The van der Waals surface area contributed by atoms with Gasteiger partial charge in [-0.1, -0.05) is 107 Å².